The highest BCUT2D eigenvalue weighted by Crippen LogP contribution is 2.25. The second-order valence-corrected chi connectivity index (χ2v) is 7.16. The lowest BCUT2D eigenvalue weighted by molar-refractivity contribution is 0.184. The van der Waals surface area contributed by atoms with Gasteiger partial charge in [-0.3, -0.25) is 4.90 Å². The van der Waals surface area contributed by atoms with Gasteiger partial charge in [0.05, 0.1) is 6.04 Å². The number of benzene rings is 1. The van der Waals surface area contributed by atoms with Gasteiger partial charge in [-0.05, 0) is 44.0 Å². The van der Waals surface area contributed by atoms with Crippen LogP contribution >= 0.6 is 0 Å². The molecule has 2 aromatic heterocycles. The lowest BCUT2D eigenvalue weighted by Crippen LogP contribution is -2.33. The number of anilines is 1. The Morgan fingerprint density at radius 1 is 1.11 bits per heavy atom. The third kappa shape index (κ3) is 3.89. The van der Waals surface area contributed by atoms with Crippen LogP contribution in [0.5, 0.6) is 0 Å². The monoisotopic (exact) mass is 381 g/mol. The van der Waals surface area contributed by atoms with E-state index in [1.165, 1.54) is 6.07 Å². The number of aryl methyl sites for hydroxylation is 1. The molecule has 1 fully saturated rings. The van der Waals surface area contributed by atoms with Gasteiger partial charge in [-0.2, -0.15) is 4.98 Å². The maximum absolute atomic E-state index is 13.8. The summed E-state index contributed by atoms with van der Waals surface area (Å²) in [5.41, 5.74) is 1.23. The van der Waals surface area contributed by atoms with Gasteiger partial charge >= 0.3 is 0 Å². The summed E-state index contributed by atoms with van der Waals surface area (Å²) in [5.74, 6) is 1.73. The molecule has 0 radical (unpaired) electrons. The van der Waals surface area contributed by atoms with E-state index in [0.29, 0.717) is 22.8 Å². The van der Waals surface area contributed by atoms with Crippen molar-refractivity contribution in [2.75, 3.05) is 31.1 Å². The first-order chi connectivity index (χ1) is 13.6. The molecular formula is C21H24FN5O. The molecule has 1 atom stereocenters. The number of pyridine rings is 1. The van der Waals surface area contributed by atoms with Crippen LogP contribution in [0.25, 0.3) is 11.4 Å². The van der Waals surface area contributed by atoms with Crippen molar-refractivity contribution in [2.45, 2.75) is 26.3 Å². The molecule has 0 amide bonds. The molecule has 0 spiro atoms. The highest BCUT2D eigenvalue weighted by Gasteiger charge is 2.25. The Kier molecular flexibility index (Phi) is 5.34. The van der Waals surface area contributed by atoms with Gasteiger partial charge in [0.1, 0.15) is 11.6 Å². The summed E-state index contributed by atoms with van der Waals surface area (Å²) < 4.78 is 19.3. The van der Waals surface area contributed by atoms with E-state index in [0.717, 1.165) is 38.4 Å². The normalized spacial score (nSPS) is 16.8. The fraction of sp³-hybridized carbons (Fsp3) is 0.381. The fourth-order valence-electron chi connectivity index (χ4n) is 3.50. The molecule has 1 aliphatic heterocycles. The highest BCUT2D eigenvalue weighted by molar-refractivity contribution is 5.55. The van der Waals surface area contributed by atoms with Crippen molar-refractivity contribution in [3.63, 3.8) is 0 Å². The van der Waals surface area contributed by atoms with Gasteiger partial charge in [0.25, 0.3) is 0 Å². The molecule has 1 unspecified atom stereocenters. The van der Waals surface area contributed by atoms with Crippen LogP contribution in [0.1, 0.15) is 30.8 Å². The summed E-state index contributed by atoms with van der Waals surface area (Å²) in [7, 11) is 0. The van der Waals surface area contributed by atoms with E-state index in [9.17, 15) is 4.39 Å². The predicted molar refractivity (Wildman–Crippen MR) is 105 cm³/mol. The molecule has 6 nitrogen and oxygen atoms in total. The summed E-state index contributed by atoms with van der Waals surface area (Å²) in [6, 6.07) is 11.0. The zero-order valence-electron chi connectivity index (χ0n) is 16.2. The Morgan fingerprint density at radius 3 is 2.79 bits per heavy atom. The zero-order valence-corrected chi connectivity index (χ0v) is 16.2. The van der Waals surface area contributed by atoms with Gasteiger partial charge < -0.3 is 9.42 Å². The maximum atomic E-state index is 13.8. The first kappa shape index (κ1) is 18.6. The fourth-order valence-corrected chi connectivity index (χ4v) is 3.50. The molecule has 0 bridgehead atoms. The second-order valence-electron chi connectivity index (χ2n) is 7.16. The minimum absolute atomic E-state index is 0.000211. The predicted octanol–water partition coefficient (Wildman–Crippen LogP) is 3.85. The molecule has 3 aromatic rings. The Balaban J connectivity index is 1.45. The number of aromatic nitrogens is 3. The molecule has 4 rings (SSSR count). The Bertz CT molecular complexity index is 930. The molecule has 3 heterocycles. The summed E-state index contributed by atoms with van der Waals surface area (Å²) in [6.45, 7) is 7.50. The molecule has 146 valence electrons. The SMILES string of the molecule is Cc1ccc(-c2noc(C(C)N3CCCN(c4ccccn4)CC3)n2)cc1F. The van der Waals surface area contributed by atoms with E-state index in [2.05, 4.69) is 31.8 Å². The summed E-state index contributed by atoms with van der Waals surface area (Å²) in [6.07, 6.45) is 2.86. The first-order valence-corrected chi connectivity index (χ1v) is 9.62. The minimum Gasteiger partial charge on any atom is -0.355 e. The quantitative estimate of drug-likeness (QED) is 0.684. The standard InChI is InChI=1S/C21H24FN5O/c1-15-7-8-17(14-18(15)22)20-24-21(28-25-20)16(2)26-10-5-11-27(13-12-26)19-6-3-4-9-23-19/h3-4,6-9,14,16H,5,10-13H2,1-2H3. The molecule has 0 saturated carbocycles. The van der Waals surface area contributed by atoms with Gasteiger partial charge in [0, 0.05) is 37.9 Å². The van der Waals surface area contributed by atoms with Gasteiger partial charge in [0.2, 0.25) is 11.7 Å². The molecule has 1 aliphatic rings. The van der Waals surface area contributed by atoms with Crippen molar-refractivity contribution in [1.29, 1.82) is 0 Å². The number of nitrogens with zero attached hydrogens (tertiary/aromatic N) is 5. The van der Waals surface area contributed by atoms with Crippen molar-refractivity contribution < 1.29 is 8.91 Å². The lowest BCUT2D eigenvalue weighted by atomic mass is 10.1. The number of rotatable bonds is 4. The second kappa shape index (κ2) is 8.06. The number of hydrogen-bond acceptors (Lipinski definition) is 6. The van der Waals surface area contributed by atoms with Crippen molar-refractivity contribution in [3.8, 4) is 11.4 Å². The van der Waals surface area contributed by atoms with E-state index < -0.39 is 0 Å². The summed E-state index contributed by atoms with van der Waals surface area (Å²) in [5, 5.41) is 4.06. The largest absolute Gasteiger partial charge is 0.355 e. The van der Waals surface area contributed by atoms with Crippen LogP contribution in [0, 0.1) is 12.7 Å². The molecule has 0 N–H and O–H groups in total. The van der Waals surface area contributed by atoms with Gasteiger partial charge in [0.15, 0.2) is 0 Å². The van der Waals surface area contributed by atoms with E-state index in [1.54, 1.807) is 13.0 Å². The van der Waals surface area contributed by atoms with Crippen LogP contribution in [0.3, 0.4) is 0 Å². The third-order valence-corrected chi connectivity index (χ3v) is 5.28. The van der Waals surface area contributed by atoms with Crippen LogP contribution in [-0.4, -0.2) is 46.2 Å². The molecule has 7 heteroatoms. The Labute approximate surface area is 164 Å². The molecular weight excluding hydrogens is 357 g/mol. The van der Waals surface area contributed by atoms with Gasteiger partial charge in [-0.1, -0.05) is 23.4 Å². The number of halogens is 1. The van der Waals surface area contributed by atoms with Crippen molar-refractivity contribution >= 4 is 5.82 Å². The first-order valence-electron chi connectivity index (χ1n) is 9.62. The number of hydrogen-bond donors (Lipinski definition) is 0. The molecule has 0 aliphatic carbocycles. The van der Waals surface area contributed by atoms with Gasteiger partial charge in [-0.15, -0.1) is 0 Å². The van der Waals surface area contributed by atoms with Crippen molar-refractivity contribution in [2.24, 2.45) is 0 Å². The minimum atomic E-state index is -0.265. The average Bonchev–Trinajstić information content (AvgIpc) is 3.08. The molecule has 1 saturated heterocycles. The van der Waals surface area contributed by atoms with Crippen LogP contribution in [0.2, 0.25) is 0 Å². The smallest absolute Gasteiger partial charge is 0.244 e. The summed E-state index contributed by atoms with van der Waals surface area (Å²) in [4.78, 5) is 13.6. The zero-order chi connectivity index (χ0) is 19.5. The third-order valence-electron chi connectivity index (χ3n) is 5.28. The van der Waals surface area contributed by atoms with Crippen molar-refractivity contribution in [1.82, 2.24) is 20.0 Å². The molecule has 1 aromatic carbocycles. The van der Waals surface area contributed by atoms with Crippen LogP contribution in [0.15, 0.2) is 47.1 Å². The maximum Gasteiger partial charge on any atom is 0.244 e. The lowest BCUT2D eigenvalue weighted by Gasteiger charge is -2.25. The van der Waals surface area contributed by atoms with E-state index in [1.807, 2.05) is 30.5 Å². The van der Waals surface area contributed by atoms with Gasteiger partial charge in [-0.25, -0.2) is 9.37 Å². The topological polar surface area (TPSA) is 58.3 Å². The van der Waals surface area contributed by atoms with E-state index >= 15 is 0 Å². The summed E-state index contributed by atoms with van der Waals surface area (Å²) >= 11 is 0. The van der Waals surface area contributed by atoms with Crippen LogP contribution < -0.4 is 4.90 Å². The van der Waals surface area contributed by atoms with E-state index in [-0.39, 0.29) is 11.9 Å². The van der Waals surface area contributed by atoms with Crippen LogP contribution in [-0.2, 0) is 0 Å². The average molecular weight is 381 g/mol. The Morgan fingerprint density at radius 2 is 2.00 bits per heavy atom. The van der Waals surface area contributed by atoms with Crippen LogP contribution in [0.4, 0.5) is 10.2 Å². The highest BCUT2D eigenvalue weighted by atomic mass is 19.1. The van der Waals surface area contributed by atoms with Crippen molar-refractivity contribution in [3.05, 3.63) is 59.9 Å². The van der Waals surface area contributed by atoms with E-state index in [4.69, 9.17) is 4.52 Å². The Hall–Kier alpha value is -2.80. The molecule has 28 heavy (non-hydrogen) atoms.